The first kappa shape index (κ1) is 18.2. The molecule has 0 amide bonds. The van der Waals surface area contributed by atoms with Gasteiger partial charge in [-0.25, -0.2) is 9.48 Å². The lowest BCUT2D eigenvalue weighted by atomic mass is 10.1. The van der Waals surface area contributed by atoms with E-state index in [1.54, 1.807) is 24.7 Å². The van der Waals surface area contributed by atoms with Crippen LogP contribution in [0.3, 0.4) is 0 Å². The fourth-order valence-corrected chi connectivity index (χ4v) is 2.63. The first-order valence-corrected chi connectivity index (χ1v) is 8.27. The summed E-state index contributed by atoms with van der Waals surface area (Å²) in [6.45, 7) is 13.6. The Labute approximate surface area is 141 Å². The minimum Gasteiger partial charge on any atom is -0.464 e. The molecule has 2 rings (SSSR count). The molecule has 0 N–H and O–H groups in total. The fourth-order valence-electron chi connectivity index (χ4n) is 2.63. The van der Waals surface area contributed by atoms with Gasteiger partial charge in [0.2, 0.25) is 0 Å². The predicted molar refractivity (Wildman–Crippen MR) is 92.2 cm³/mol. The molecule has 0 saturated carbocycles. The molecule has 7 nitrogen and oxygen atoms in total. The van der Waals surface area contributed by atoms with E-state index in [4.69, 9.17) is 4.74 Å². The second kappa shape index (κ2) is 6.37. The van der Waals surface area contributed by atoms with Gasteiger partial charge >= 0.3 is 5.97 Å². The summed E-state index contributed by atoms with van der Waals surface area (Å²) in [7, 11) is 0. The van der Waals surface area contributed by atoms with Crippen LogP contribution in [0, 0.1) is 0 Å². The Balaban J connectivity index is 2.80. The highest BCUT2D eigenvalue weighted by molar-refractivity contribution is 5.81. The second-order valence-electron chi connectivity index (χ2n) is 7.21. The van der Waals surface area contributed by atoms with E-state index in [2.05, 4.69) is 10.2 Å². The number of fused-ring (bicyclic) bond motifs is 1. The van der Waals surface area contributed by atoms with Crippen molar-refractivity contribution in [1.82, 2.24) is 19.6 Å². The lowest BCUT2D eigenvalue weighted by Gasteiger charge is -2.21. The van der Waals surface area contributed by atoms with Crippen LogP contribution in [-0.4, -0.2) is 32.1 Å². The van der Waals surface area contributed by atoms with Crippen LogP contribution < -0.4 is 5.56 Å². The molecule has 0 radical (unpaired) electrons. The second-order valence-corrected chi connectivity index (χ2v) is 7.21. The maximum absolute atomic E-state index is 13.0. The van der Waals surface area contributed by atoms with Gasteiger partial charge in [0, 0.05) is 5.39 Å². The van der Waals surface area contributed by atoms with Crippen molar-refractivity contribution >= 4 is 16.9 Å². The number of aromatic nitrogens is 4. The molecular weight excluding hydrogens is 308 g/mol. The van der Waals surface area contributed by atoms with Crippen molar-refractivity contribution in [2.75, 3.05) is 6.61 Å². The van der Waals surface area contributed by atoms with Crippen molar-refractivity contribution in [2.45, 2.75) is 66.0 Å². The average molecular weight is 334 g/mol. The maximum atomic E-state index is 13.0. The Hall–Kier alpha value is -2.18. The molecule has 132 valence electrons. The Morgan fingerprint density at radius 1 is 1.29 bits per heavy atom. The molecule has 0 aliphatic heterocycles. The molecule has 0 aromatic carbocycles. The third-order valence-corrected chi connectivity index (χ3v) is 3.85. The van der Waals surface area contributed by atoms with Crippen LogP contribution in [0.15, 0.2) is 11.0 Å². The van der Waals surface area contributed by atoms with Crippen molar-refractivity contribution in [1.29, 1.82) is 0 Å². The normalized spacial score (nSPS) is 13.5. The van der Waals surface area contributed by atoms with Crippen molar-refractivity contribution in [2.24, 2.45) is 0 Å². The lowest BCUT2D eigenvalue weighted by Crippen LogP contribution is -2.35. The SMILES string of the molecule is CCOC(=O)C(C)n1nc(C(C)C)c2cnn(C(C)(C)C)c2c1=O. The van der Waals surface area contributed by atoms with Gasteiger partial charge in [-0.3, -0.25) is 9.48 Å². The van der Waals surface area contributed by atoms with Gasteiger partial charge in [-0.2, -0.15) is 10.2 Å². The highest BCUT2D eigenvalue weighted by atomic mass is 16.5. The van der Waals surface area contributed by atoms with Gasteiger partial charge < -0.3 is 4.74 Å². The number of rotatable bonds is 4. The molecule has 0 bridgehead atoms. The molecule has 2 heterocycles. The summed E-state index contributed by atoms with van der Waals surface area (Å²) in [5.41, 5.74) is 0.526. The average Bonchev–Trinajstić information content (AvgIpc) is 2.92. The molecule has 2 aromatic rings. The third-order valence-electron chi connectivity index (χ3n) is 3.85. The van der Waals surface area contributed by atoms with Gasteiger partial charge in [0.1, 0.15) is 5.52 Å². The Bertz CT molecular complexity index is 812. The quantitative estimate of drug-likeness (QED) is 0.803. The minimum atomic E-state index is -0.789. The molecule has 2 aromatic heterocycles. The number of carbonyl (C=O) groups is 1. The Kier molecular flexibility index (Phi) is 4.82. The zero-order valence-corrected chi connectivity index (χ0v) is 15.5. The molecule has 0 aliphatic carbocycles. The van der Waals surface area contributed by atoms with E-state index in [9.17, 15) is 9.59 Å². The maximum Gasteiger partial charge on any atom is 0.330 e. The van der Waals surface area contributed by atoms with Crippen LogP contribution in [0.4, 0.5) is 0 Å². The van der Waals surface area contributed by atoms with E-state index in [1.165, 1.54) is 4.68 Å². The summed E-state index contributed by atoms with van der Waals surface area (Å²) in [6, 6.07) is -0.789. The highest BCUT2D eigenvalue weighted by Crippen LogP contribution is 2.25. The standard InChI is InChI=1S/C17H26N4O3/c1-8-24-16(23)11(4)20-15(22)14-12(13(19-20)10(2)3)9-18-21(14)17(5,6)7/h9-11H,8H2,1-7H3. The van der Waals surface area contributed by atoms with Gasteiger partial charge in [-0.05, 0) is 40.5 Å². The van der Waals surface area contributed by atoms with Crippen molar-refractivity contribution < 1.29 is 9.53 Å². The summed E-state index contributed by atoms with van der Waals surface area (Å²) in [4.78, 5) is 25.1. The zero-order valence-electron chi connectivity index (χ0n) is 15.5. The molecule has 0 saturated heterocycles. The number of ether oxygens (including phenoxy) is 1. The van der Waals surface area contributed by atoms with Crippen molar-refractivity contribution in [3.8, 4) is 0 Å². The van der Waals surface area contributed by atoms with E-state index >= 15 is 0 Å². The molecule has 0 aliphatic rings. The summed E-state index contributed by atoms with van der Waals surface area (Å²) >= 11 is 0. The fraction of sp³-hybridized carbons (Fsp3) is 0.647. The molecule has 0 fully saturated rings. The smallest absolute Gasteiger partial charge is 0.330 e. The van der Waals surface area contributed by atoms with Gasteiger partial charge in [0.15, 0.2) is 6.04 Å². The summed E-state index contributed by atoms with van der Waals surface area (Å²) < 4.78 is 7.97. The van der Waals surface area contributed by atoms with Crippen LogP contribution >= 0.6 is 0 Å². The van der Waals surface area contributed by atoms with Gasteiger partial charge in [-0.15, -0.1) is 0 Å². The van der Waals surface area contributed by atoms with Crippen LogP contribution in [0.25, 0.3) is 10.9 Å². The predicted octanol–water partition coefficient (Wildman–Crippen LogP) is 2.60. The number of esters is 1. The largest absolute Gasteiger partial charge is 0.464 e. The first-order valence-electron chi connectivity index (χ1n) is 8.27. The number of carbonyl (C=O) groups excluding carboxylic acids is 1. The number of hydrogen-bond donors (Lipinski definition) is 0. The molecular formula is C17H26N4O3. The molecule has 7 heteroatoms. The van der Waals surface area contributed by atoms with Crippen molar-refractivity contribution in [3.05, 3.63) is 22.2 Å². The van der Waals surface area contributed by atoms with Crippen LogP contribution in [0.2, 0.25) is 0 Å². The van der Waals surface area contributed by atoms with Crippen molar-refractivity contribution in [3.63, 3.8) is 0 Å². The topological polar surface area (TPSA) is 79.0 Å². The molecule has 1 atom stereocenters. The van der Waals surface area contributed by atoms with Gasteiger partial charge in [-0.1, -0.05) is 13.8 Å². The Morgan fingerprint density at radius 2 is 1.92 bits per heavy atom. The van der Waals surface area contributed by atoms with E-state index in [0.29, 0.717) is 5.52 Å². The molecule has 1 unspecified atom stereocenters. The van der Waals surface area contributed by atoms with E-state index in [1.807, 2.05) is 34.6 Å². The summed E-state index contributed by atoms with van der Waals surface area (Å²) in [5.74, 6) is -0.380. The van der Waals surface area contributed by atoms with Gasteiger partial charge in [0.25, 0.3) is 5.56 Å². The van der Waals surface area contributed by atoms with Crippen LogP contribution in [-0.2, 0) is 15.1 Å². The molecule has 24 heavy (non-hydrogen) atoms. The minimum absolute atomic E-state index is 0.0892. The highest BCUT2D eigenvalue weighted by Gasteiger charge is 2.27. The zero-order chi connectivity index (χ0) is 18.2. The lowest BCUT2D eigenvalue weighted by molar-refractivity contribution is -0.147. The first-order chi connectivity index (χ1) is 11.1. The Morgan fingerprint density at radius 3 is 2.42 bits per heavy atom. The summed E-state index contributed by atoms with van der Waals surface area (Å²) in [5, 5.41) is 9.58. The summed E-state index contributed by atoms with van der Waals surface area (Å²) in [6.07, 6.45) is 1.68. The van der Waals surface area contributed by atoms with E-state index < -0.39 is 12.0 Å². The van der Waals surface area contributed by atoms with Gasteiger partial charge in [0.05, 0.1) is 24.0 Å². The van der Waals surface area contributed by atoms with Crippen LogP contribution in [0.1, 0.15) is 66.1 Å². The number of nitrogens with zero attached hydrogens (tertiary/aromatic N) is 4. The monoisotopic (exact) mass is 334 g/mol. The van der Waals surface area contributed by atoms with E-state index in [-0.39, 0.29) is 23.6 Å². The van der Waals surface area contributed by atoms with Crippen LogP contribution in [0.5, 0.6) is 0 Å². The third kappa shape index (κ3) is 3.07. The number of hydrogen-bond acceptors (Lipinski definition) is 5. The molecule has 0 spiro atoms. The van der Waals surface area contributed by atoms with E-state index in [0.717, 1.165) is 11.1 Å².